The van der Waals surface area contributed by atoms with E-state index in [1.165, 1.54) is 24.1 Å². The van der Waals surface area contributed by atoms with E-state index in [1.807, 2.05) is 0 Å². The average Bonchev–Trinajstić information content (AvgIpc) is 2.60. The van der Waals surface area contributed by atoms with Crippen molar-refractivity contribution in [2.75, 3.05) is 18.6 Å². The highest BCUT2D eigenvalue weighted by Crippen LogP contribution is 2.45. The minimum atomic E-state index is -4.82. The second-order valence-corrected chi connectivity index (χ2v) is 4.82. The zero-order valence-corrected chi connectivity index (χ0v) is 11.3. The first-order valence-corrected chi connectivity index (χ1v) is 6.15. The second kappa shape index (κ2) is 5.07. The maximum absolute atomic E-state index is 12.4. The summed E-state index contributed by atoms with van der Waals surface area (Å²) < 4.78 is 40.8. The molecule has 21 heavy (non-hydrogen) atoms. The summed E-state index contributed by atoms with van der Waals surface area (Å²) in [5.41, 5.74) is -0.554. The Hall–Kier alpha value is -2.02. The van der Waals surface area contributed by atoms with Gasteiger partial charge in [0.25, 0.3) is 0 Å². The topological polar surface area (TPSA) is 49.8 Å². The Kier molecular flexibility index (Phi) is 3.71. The second-order valence-electron chi connectivity index (χ2n) is 4.82. The molecule has 1 aromatic rings. The molecule has 0 bridgehead atoms. The lowest BCUT2D eigenvalue weighted by Gasteiger charge is -2.24. The number of hydrogen-bond donors (Lipinski definition) is 1. The van der Waals surface area contributed by atoms with Crippen LogP contribution >= 0.6 is 0 Å². The fraction of sp³-hybridized carbons (Fsp3) is 0.357. The Morgan fingerprint density at radius 1 is 1.48 bits per heavy atom. The van der Waals surface area contributed by atoms with E-state index in [-0.39, 0.29) is 12.3 Å². The molecule has 1 atom stereocenters. The van der Waals surface area contributed by atoms with Crippen molar-refractivity contribution in [1.29, 1.82) is 0 Å². The number of amides is 1. The third-order valence-electron chi connectivity index (χ3n) is 3.56. The molecule has 2 rings (SSSR count). The minimum absolute atomic E-state index is 0.120. The molecule has 114 valence electrons. The fourth-order valence-electron chi connectivity index (χ4n) is 2.59. The predicted molar refractivity (Wildman–Crippen MR) is 70.1 cm³/mol. The van der Waals surface area contributed by atoms with Gasteiger partial charge in [-0.25, -0.2) is 0 Å². The van der Waals surface area contributed by atoms with E-state index in [0.29, 0.717) is 11.3 Å². The highest BCUT2D eigenvalue weighted by Gasteiger charge is 2.49. The number of carbonyl (C=O) groups is 1. The standard InChI is InChI=1S/C14H14F3NO3/c1-3-6-13(8-19)10-7-9(21-14(15,16)17)4-5-11(10)18(2)12(13)20/h3-5,7,19H,1,6,8H2,2H3. The lowest BCUT2D eigenvalue weighted by molar-refractivity contribution is -0.274. The molecule has 1 heterocycles. The molecule has 1 unspecified atom stereocenters. The third-order valence-corrected chi connectivity index (χ3v) is 3.56. The number of fused-ring (bicyclic) bond motifs is 1. The Bertz CT molecular complexity index is 585. The van der Waals surface area contributed by atoms with E-state index in [4.69, 9.17) is 0 Å². The molecule has 1 aliphatic rings. The van der Waals surface area contributed by atoms with Gasteiger partial charge in [0.2, 0.25) is 5.91 Å². The summed E-state index contributed by atoms with van der Waals surface area (Å²) in [5.74, 6) is -0.810. The van der Waals surface area contributed by atoms with Crippen LogP contribution in [0, 0.1) is 0 Å². The number of likely N-dealkylation sites (N-methyl/N-ethyl adjacent to an activating group) is 1. The number of aliphatic hydroxyl groups is 1. The average molecular weight is 301 g/mol. The number of anilines is 1. The zero-order valence-electron chi connectivity index (χ0n) is 11.3. The lowest BCUT2D eigenvalue weighted by Crippen LogP contribution is -2.41. The minimum Gasteiger partial charge on any atom is -0.406 e. The van der Waals surface area contributed by atoms with E-state index in [0.717, 1.165) is 12.1 Å². The number of aliphatic hydroxyl groups excluding tert-OH is 1. The predicted octanol–water partition coefficient (Wildman–Crippen LogP) is 2.37. The van der Waals surface area contributed by atoms with Crippen molar-refractivity contribution in [2.45, 2.75) is 18.2 Å². The molecule has 4 nitrogen and oxygen atoms in total. The van der Waals surface area contributed by atoms with Crippen LogP contribution < -0.4 is 9.64 Å². The number of nitrogens with zero attached hydrogens (tertiary/aromatic N) is 1. The van der Waals surface area contributed by atoms with Gasteiger partial charge in [-0.05, 0) is 30.2 Å². The van der Waals surface area contributed by atoms with Crippen molar-refractivity contribution in [2.24, 2.45) is 0 Å². The number of hydrogen-bond acceptors (Lipinski definition) is 3. The largest absolute Gasteiger partial charge is 0.573 e. The van der Waals surface area contributed by atoms with Crippen molar-refractivity contribution < 1.29 is 27.8 Å². The van der Waals surface area contributed by atoms with E-state index >= 15 is 0 Å². The monoisotopic (exact) mass is 301 g/mol. The molecule has 0 fully saturated rings. The number of alkyl halides is 3. The van der Waals surface area contributed by atoms with Gasteiger partial charge in [-0.15, -0.1) is 19.8 Å². The van der Waals surface area contributed by atoms with Gasteiger partial charge in [0.1, 0.15) is 11.2 Å². The van der Waals surface area contributed by atoms with Crippen LogP contribution in [0.1, 0.15) is 12.0 Å². The molecule has 7 heteroatoms. The maximum Gasteiger partial charge on any atom is 0.573 e. The van der Waals surface area contributed by atoms with Crippen LogP contribution in [-0.2, 0) is 10.2 Å². The van der Waals surface area contributed by atoms with Crippen molar-refractivity contribution in [1.82, 2.24) is 0 Å². The van der Waals surface area contributed by atoms with Gasteiger partial charge >= 0.3 is 6.36 Å². The molecule has 1 aromatic carbocycles. The van der Waals surface area contributed by atoms with Gasteiger partial charge < -0.3 is 14.7 Å². The Labute approximate surface area is 119 Å². The number of rotatable bonds is 4. The number of halogens is 3. The van der Waals surface area contributed by atoms with Gasteiger partial charge in [-0.1, -0.05) is 6.08 Å². The molecular weight excluding hydrogens is 287 g/mol. The highest BCUT2D eigenvalue weighted by atomic mass is 19.4. The molecule has 0 aromatic heterocycles. The lowest BCUT2D eigenvalue weighted by atomic mass is 9.79. The van der Waals surface area contributed by atoms with Crippen molar-refractivity contribution in [3.63, 3.8) is 0 Å². The van der Waals surface area contributed by atoms with Gasteiger partial charge in [-0.2, -0.15) is 0 Å². The first kappa shape index (κ1) is 15.4. The number of benzene rings is 1. The summed E-state index contributed by atoms with van der Waals surface area (Å²) >= 11 is 0. The van der Waals surface area contributed by atoms with Crippen LogP contribution in [0.15, 0.2) is 30.9 Å². The first-order chi connectivity index (χ1) is 9.75. The van der Waals surface area contributed by atoms with Crippen LogP contribution in [0.3, 0.4) is 0 Å². The van der Waals surface area contributed by atoms with Gasteiger partial charge in [0.15, 0.2) is 0 Å². The normalized spacial score (nSPS) is 21.4. The van der Waals surface area contributed by atoms with E-state index in [9.17, 15) is 23.1 Å². The maximum atomic E-state index is 12.4. The molecule has 0 aliphatic carbocycles. The van der Waals surface area contributed by atoms with E-state index in [2.05, 4.69) is 11.3 Å². The molecular formula is C14H14F3NO3. The smallest absolute Gasteiger partial charge is 0.406 e. The number of allylic oxidation sites excluding steroid dienone is 1. The molecule has 0 radical (unpaired) electrons. The SMILES string of the molecule is C=CCC1(CO)C(=O)N(C)c2ccc(OC(F)(F)F)cc21. The molecule has 1 N–H and O–H groups in total. The van der Waals surface area contributed by atoms with Gasteiger partial charge in [0.05, 0.1) is 6.61 Å². The summed E-state index contributed by atoms with van der Waals surface area (Å²) in [6.07, 6.45) is -3.24. The number of ether oxygens (including phenoxy) is 1. The van der Waals surface area contributed by atoms with Gasteiger partial charge in [-0.3, -0.25) is 4.79 Å². The highest BCUT2D eigenvalue weighted by molar-refractivity contribution is 6.08. The molecule has 1 aliphatic heterocycles. The summed E-state index contributed by atoms with van der Waals surface area (Å²) in [6.45, 7) is 3.02. The van der Waals surface area contributed by atoms with Crippen molar-refractivity contribution in [3.05, 3.63) is 36.4 Å². The quantitative estimate of drug-likeness (QED) is 0.869. The molecule has 0 saturated carbocycles. The fourth-order valence-corrected chi connectivity index (χ4v) is 2.59. The van der Waals surface area contributed by atoms with Gasteiger partial charge in [0, 0.05) is 12.7 Å². The summed E-state index contributed by atoms with van der Waals surface area (Å²) in [6, 6.07) is 3.65. The molecule has 0 spiro atoms. The first-order valence-electron chi connectivity index (χ1n) is 6.15. The van der Waals surface area contributed by atoms with Crippen LogP contribution in [-0.4, -0.2) is 31.0 Å². The van der Waals surface area contributed by atoms with Crippen molar-refractivity contribution >= 4 is 11.6 Å². The Morgan fingerprint density at radius 2 is 2.14 bits per heavy atom. The summed E-state index contributed by atoms with van der Waals surface area (Å²) in [7, 11) is 1.51. The Morgan fingerprint density at radius 3 is 2.67 bits per heavy atom. The van der Waals surface area contributed by atoms with Crippen LogP contribution in [0.25, 0.3) is 0 Å². The molecule has 0 saturated heterocycles. The summed E-state index contributed by atoms with van der Waals surface area (Å²) in [4.78, 5) is 13.7. The third kappa shape index (κ3) is 2.49. The summed E-state index contributed by atoms with van der Waals surface area (Å²) in [5, 5.41) is 9.65. The number of carbonyl (C=O) groups excluding carboxylic acids is 1. The zero-order chi connectivity index (χ0) is 15.8. The Balaban J connectivity index is 2.54. The van der Waals surface area contributed by atoms with Crippen molar-refractivity contribution in [3.8, 4) is 5.75 Å². The van der Waals surface area contributed by atoms with Crippen LogP contribution in [0.5, 0.6) is 5.75 Å². The van der Waals surface area contributed by atoms with E-state index < -0.39 is 24.1 Å². The van der Waals surface area contributed by atoms with Crippen LogP contribution in [0.2, 0.25) is 0 Å². The van der Waals surface area contributed by atoms with Crippen LogP contribution in [0.4, 0.5) is 18.9 Å². The molecule has 1 amide bonds. The van der Waals surface area contributed by atoms with E-state index in [1.54, 1.807) is 0 Å².